The second kappa shape index (κ2) is 4.95. The van der Waals surface area contributed by atoms with Crippen molar-refractivity contribution >= 4 is 21.7 Å². The van der Waals surface area contributed by atoms with Gasteiger partial charge in [0.05, 0.1) is 10.7 Å². The van der Waals surface area contributed by atoms with Gasteiger partial charge in [0.1, 0.15) is 5.69 Å². The summed E-state index contributed by atoms with van der Waals surface area (Å²) in [7, 11) is 1.80. The Morgan fingerprint density at radius 2 is 2.38 bits per heavy atom. The first-order valence-corrected chi connectivity index (χ1v) is 6.36. The van der Waals surface area contributed by atoms with E-state index in [4.69, 9.17) is 0 Å². The number of carbonyl (C=O) groups is 1. The second-order valence-electron chi connectivity index (χ2n) is 4.17. The monoisotopic (exact) mass is 282 g/mol. The fourth-order valence-corrected chi connectivity index (χ4v) is 2.65. The van der Waals surface area contributed by atoms with E-state index < -0.39 is 0 Å². The first-order chi connectivity index (χ1) is 7.68. The Bertz CT molecular complexity index is 415. The molecule has 4 heteroatoms. The molecule has 0 amide bonds. The minimum absolute atomic E-state index is 0.153. The zero-order chi connectivity index (χ0) is 11.5. The van der Waals surface area contributed by atoms with E-state index in [2.05, 4.69) is 27.1 Å². The molecule has 0 saturated carbocycles. The molecule has 0 aromatic carbocycles. The number of ketones is 1. The number of aryl methyl sites for hydroxylation is 1. The minimum atomic E-state index is 0.153. The fraction of sp³-hybridized carbons (Fsp3) is 0.500. The highest BCUT2D eigenvalue weighted by molar-refractivity contribution is 9.10. The van der Waals surface area contributed by atoms with Crippen LogP contribution in [0.4, 0.5) is 0 Å². The molecule has 16 heavy (non-hydrogen) atoms. The van der Waals surface area contributed by atoms with Crippen LogP contribution in [0.3, 0.4) is 0 Å². The number of carbonyl (C=O) groups excluding carboxylic acids is 1. The summed E-state index contributed by atoms with van der Waals surface area (Å²) in [6.45, 7) is 0. The molecule has 1 aliphatic carbocycles. The van der Waals surface area contributed by atoms with Crippen molar-refractivity contribution in [2.75, 3.05) is 0 Å². The Labute approximate surface area is 104 Å². The molecule has 1 heterocycles. The SMILES string of the molecule is Cn1ncc(Br)c1C(=O)CC1=CCCCC1. The number of allylic oxidation sites excluding steroid dienone is 2. The fourth-order valence-electron chi connectivity index (χ4n) is 2.08. The lowest BCUT2D eigenvalue weighted by atomic mass is 9.95. The maximum absolute atomic E-state index is 12.1. The predicted molar refractivity (Wildman–Crippen MR) is 66.4 cm³/mol. The highest BCUT2D eigenvalue weighted by Gasteiger charge is 2.17. The van der Waals surface area contributed by atoms with E-state index in [0.717, 1.165) is 17.3 Å². The lowest BCUT2D eigenvalue weighted by Crippen LogP contribution is -2.09. The van der Waals surface area contributed by atoms with Crippen LogP contribution < -0.4 is 0 Å². The topological polar surface area (TPSA) is 34.9 Å². The molecule has 0 saturated heterocycles. The maximum Gasteiger partial charge on any atom is 0.186 e. The summed E-state index contributed by atoms with van der Waals surface area (Å²) in [5.41, 5.74) is 1.95. The molecule has 86 valence electrons. The third-order valence-corrected chi connectivity index (χ3v) is 3.51. The average Bonchev–Trinajstić information content (AvgIpc) is 2.60. The third-order valence-electron chi connectivity index (χ3n) is 2.93. The summed E-state index contributed by atoms with van der Waals surface area (Å²) < 4.78 is 2.42. The number of halogens is 1. The molecule has 1 aliphatic rings. The molecule has 0 unspecified atom stereocenters. The first-order valence-electron chi connectivity index (χ1n) is 5.57. The molecule has 0 aliphatic heterocycles. The number of Topliss-reactive ketones (excluding diaryl/α,β-unsaturated/α-hetero) is 1. The van der Waals surface area contributed by atoms with Crippen LogP contribution in [-0.4, -0.2) is 15.6 Å². The Morgan fingerprint density at radius 3 is 2.94 bits per heavy atom. The van der Waals surface area contributed by atoms with E-state index in [0.29, 0.717) is 12.1 Å². The van der Waals surface area contributed by atoms with Crippen LogP contribution in [0.1, 0.15) is 42.6 Å². The molecule has 1 aromatic rings. The van der Waals surface area contributed by atoms with E-state index in [-0.39, 0.29) is 5.78 Å². The zero-order valence-corrected chi connectivity index (χ0v) is 11.0. The van der Waals surface area contributed by atoms with Crippen molar-refractivity contribution in [2.45, 2.75) is 32.1 Å². The quantitative estimate of drug-likeness (QED) is 0.630. The van der Waals surface area contributed by atoms with Gasteiger partial charge in [0, 0.05) is 13.5 Å². The van der Waals surface area contributed by atoms with Gasteiger partial charge in [-0.2, -0.15) is 5.10 Å². The Kier molecular flexibility index (Phi) is 3.59. The van der Waals surface area contributed by atoms with Crippen LogP contribution in [0.2, 0.25) is 0 Å². The van der Waals surface area contributed by atoms with E-state index >= 15 is 0 Å². The average molecular weight is 283 g/mol. The van der Waals surface area contributed by atoms with Gasteiger partial charge in [-0.15, -0.1) is 0 Å². The van der Waals surface area contributed by atoms with Crippen molar-refractivity contribution in [3.63, 3.8) is 0 Å². The summed E-state index contributed by atoms with van der Waals surface area (Å²) in [5.74, 6) is 0.153. The summed E-state index contributed by atoms with van der Waals surface area (Å²) in [4.78, 5) is 12.1. The molecule has 0 radical (unpaired) electrons. The molecule has 0 bridgehead atoms. The van der Waals surface area contributed by atoms with Crippen molar-refractivity contribution in [1.29, 1.82) is 0 Å². The molecule has 2 rings (SSSR count). The van der Waals surface area contributed by atoms with Gasteiger partial charge in [-0.1, -0.05) is 11.6 Å². The maximum atomic E-state index is 12.1. The summed E-state index contributed by atoms with van der Waals surface area (Å²) in [6, 6.07) is 0. The molecule has 0 atom stereocenters. The van der Waals surface area contributed by atoms with E-state index in [1.165, 1.54) is 18.4 Å². The predicted octanol–water partition coefficient (Wildman–Crippen LogP) is 3.26. The van der Waals surface area contributed by atoms with Gasteiger partial charge in [-0.05, 0) is 41.6 Å². The van der Waals surface area contributed by atoms with Crippen LogP contribution >= 0.6 is 15.9 Å². The molecular weight excluding hydrogens is 268 g/mol. The second-order valence-corrected chi connectivity index (χ2v) is 5.03. The lowest BCUT2D eigenvalue weighted by molar-refractivity contribution is 0.0982. The Morgan fingerprint density at radius 1 is 1.56 bits per heavy atom. The minimum Gasteiger partial charge on any atom is -0.292 e. The van der Waals surface area contributed by atoms with Crippen LogP contribution in [0, 0.1) is 0 Å². The highest BCUT2D eigenvalue weighted by Crippen LogP contribution is 2.24. The van der Waals surface area contributed by atoms with Crippen molar-refractivity contribution in [3.05, 3.63) is 28.0 Å². The third kappa shape index (κ3) is 2.43. The van der Waals surface area contributed by atoms with Gasteiger partial charge < -0.3 is 0 Å². The Balaban J connectivity index is 2.11. The van der Waals surface area contributed by atoms with E-state index in [1.54, 1.807) is 17.9 Å². The number of rotatable bonds is 3. The number of nitrogens with zero attached hydrogens (tertiary/aromatic N) is 2. The molecule has 0 spiro atoms. The number of hydrogen-bond acceptors (Lipinski definition) is 2. The van der Waals surface area contributed by atoms with Crippen molar-refractivity contribution in [2.24, 2.45) is 7.05 Å². The van der Waals surface area contributed by atoms with Crippen molar-refractivity contribution in [1.82, 2.24) is 9.78 Å². The molecule has 1 aromatic heterocycles. The van der Waals surface area contributed by atoms with Gasteiger partial charge in [-0.3, -0.25) is 9.48 Å². The normalized spacial score (nSPS) is 16.0. The van der Waals surface area contributed by atoms with Crippen molar-refractivity contribution in [3.8, 4) is 0 Å². The van der Waals surface area contributed by atoms with Crippen LogP contribution in [0.25, 0.3) is 0 Å². The smallest absolute Gasteiger partial charge is 0.186 e. The molecule has 3 nitrogen and oxygen atoms in total. The summed E-state index contributed by atoms with van der Waals surface area (Å²) in [6.07, 6.45) is 9.08. The number of hydrogen-bond donors (Lipinski definition) is 0. The van der Waals surface area contributed by atoms with Crippen LogP contribution in [0.15, 0.2) is 22.3 Å². The van der Waals surface area contributed by atoms with Gasteiger partial charge in [-0.25, -0.2) is 0 Å². The number of aromatic nitrogens is 2. The Hall–Kier alpha value is -0.900. The van der Waals surface area contributed by atoms with Crippen molar-refractivity contribution < 1.29 is 4.79 Å². The summed E-state index contributed by atoms with van der Waals surface area (Å²) in [5, 5.41) is 4.06. The van der Waals surface area contributed by atoms with E-state index in [9.17, 15) is 4.79 Å². The van der Waals surface area contributed by atoms with Gasteiger partial charge in [0.25, 0.3) is 0 Å². The van der Waals surface area contributed by atoms with Gasteiger partial charge in [0.2, 0.25) is 0 Å². The first kappa shape index (κ1) is 11.6. The van der Waals surface area contributed by atoms with Crippen LogP contribution in [-0.2, 0) is 7.05 Å². The standard InChI is InChI=1S/C12H15BrN2O/c1-15-12(10(13)8-14-15)11(16)7-9-5-3-2-4-6-9/h5,8H,2-4,6-7H2,1H3. The van der Waals surface area contributed by atoms with E-state index in [1.807, 2.05) is 0 Å². The summed E-state index contributed by atoms with van der Waals surface area (Å²) >= 11 is 3.36. The molecule has 0 N–H and O–H groups in total. The zero-order valence-electron chi connectivity index (χ0n) is 9.37. The van der Waals surface area contributed by atoms with Gasteiger partial charge >= 0.3 is 0 Å². The highest BCUT2D eigenvalue weighted by atomic mass is 79.9. The molecule has 0 fully saturated rings. The largest absolute Gasteiger partial charge is 0.292 e. The van der Waals surface area contributed by atoms with Crippen LogP contribution in [0.5, 0.6) is 0 Å². The lowest BCUT2D eigenvalue weighted by Gasteiger charge is -2.11. The van der Waals surface area contributed by atoms with Gasteiger partial charge in [0.15, 0.2) is 5.78 Å². The molecular formula is C12H15BrN2O.